The summed E-state index contributed by atoms with van der Waals surface area (Å²) in [6, 6.07) is 9.12. The van der Waals surface area contributed by atoms with Crippen LogP contribution >= 0.6 is 0 Å². The molecule has 1 rings (SSSR count). The third kappa shape index (κ3) is 4.25. The molecule has 0 spiro atoms. The number of likely N-dealkylation sites (N-methyl/N-ethyl adjacent to an activating group) is 1. The van der Waals surface area contributed by atoms with Crippen molar-refractivity contribution in [3.8, 4) is 6.07 Å². The lowest BCUT2D eigenvalue weighted by atomic mass is 10.0. The summed E-state index contributed by atoms with van der Waals surface area (Å²) in [5.74, 6) is -0.889. The Labute approximate surface area is 101 Å². The second kappa shape index (κ2) is 6.66. The number of carbonyl (C=O) groups is 1. The molecular weight excluding hydrogens is 216 g/mol. The lowest BCUT2D eigenvalue weighted by Crippen LogP contribution is -2.22. The van der Waals surface area contributed by atoms with Crippen LogP contribution in [0.3, 0.4) is 0 Å². The van der Waals surface area contributed by atoms with Crippen molar-refractivity contribution >= 4 is 5.97 Å². The monoisotopic (exact) mass is 232 g/mol. The zero-order chi connectivity index (χ0) is 12.7. The fourth-order valence-electron chi connectivity index (χ4n) is 1.61. The molecule has 0 bridgehead atoms. The van der Waals surface area contributed by atoms with Crippen LogP contribution in [0.5, 0.6) is 0 Å². The lowest BCUT2D eigenvalue weighted by Gasteiger charge is -2.15. The predicted octanol–water partition coefficient (Wildman–Crippen LogP) is 1.77. The largest absolute Gasteiger partial charge is 0.478 e. The molecule has 0 aromatic heterocycles. The molecule has 0 heterocycles. The molecule has 0 aliphatic heterocycles. The van der Waals surface area contributed by atoms with Gasteiger partial charge < -0.3 is 10.0 Å². The van der Waals surface area contributed by atoms with Gasteiger partial charge in [0.1, 0.15) is 0 Å². The Morgan fingerprint density at radius 1 is 1.41 bits per heavy atom. The summed E-state index contributed by atoms with van der Waals surface area (Å²) in [6.07, 6.45) is 1.18. The van der Waals surface area contributed by atoms with Crippen LogP contribution in [0.15, 0.2) is 24.3 Å². The van der Waals surface area contributed by atoms with Crippen molar-refractivity contribution in [1.82, 2.24) is 4.90 Å². The van der Waals surface area contributed by atoms with Crippen LogP contribution < -0.4 is 0 Å². The maximum absolute atomic E-state index is 11.0. The van der Waals surface area contributed by atoms with Gasteiger partial charge in [0.15, 0.2) is 0 Å². The van der Waals surface area contributed by atoms with Gasteiger partial charge in [-0.15, -0.1) is 0 Å². The Hall–Kier alpha value is -1.86. The molecule has 4 nitrogen and oxygen atoms in total. The van der Waals surface area contributed by atoms with Crippen molar-refractivity contribution in [3.05, 3.63) is 35.4 Å². The topological polar surface area (TPSA) is 64.3 Å². The summed E-state index contributed by atoms with van der Waals surface area (Å²) >= 11 is 0. The highest BCUT2D eigenvalue weighted by Crippen LogP contribution is 2.09. The van der Waals surface area contributed by atoms with Crippen molar-refractivity contribution in [1.29, 1.82) is 5.26 Å². The van der Waals surface area contributed by atoms with Crippen LogP contribution in [0.2, 0.25) is 0 Å². The van der Waals surface area contributed by atoms with Gasteiger partial charge in [-0.1, -0.05) is 18.2 Å². The number of benzene rings is 1. The number of aromatic carboxylic acids is 1. The summed E-state index contributed by atoms with van der Waals surface area (Å²) < 4.78 is 0. The van der Waals surface area contributed by atoms with Gasteiger partial charge in [0.2, 0.25) is 0 Å². The van der Waals surface area contributed by atoms with Gasteiger partial charge in [-0.2, -0.15) is 5.26 Å². The lowest BCUT2D eigenvalue weighted by molar-refractivity contribution is 0.0695. The number of carboxylic acids is 1. The first-order chi connectivity index (χ1) is 8.15. The van der Waals surface area contributed by atoms with Crippen LogP contribution in [-0.2, 0) is 6.42 Å². The smallest absolute Gasteiger partial charge is 0.335 e. The van der Waals surface area contributed by atoms with Crippen LogP contribution in [0.1, 0.15) is 22.3 Å². The number of carboxylic acid groups (broad SMARTS) is 1. The second-order valence-corrected chi connectivity index (χ2v) is 3.92. The highest BCUT2D eigenvalue weighted by Gasteiger charge is 2.09. The summed E-state index contributed by atoms with van der Waals surface area (Å²) in [5, 5.41) is 17.5. The number of hydrogen-bond acceptors (Lipinski definition) is 3. The highest BCUT2D eigenvalue weighted by molar-refractivity contribution is 5.89. The molecule has 0 aliphatic rings. The van der Waals surface area contributed by atoms with E-state index >= 15 is 0 Å². The fraction of sp³-hybridized carbons (Fsp3) is 0.385. The molecule has 1 N–H and O–H groups in total. The van der Waals surface area contributed by atoms with Crippen molar-refractivity contribution in [2.75, 3.05) is 20.1 Å². The normalized spacial score (nSPS) is 10.2. The average molecular weight is 232 g/mol. The molecule has 0 unspecified atom stereocenters. The Balaban J connectivity index is 2.57. The van der Waals surface area contributed by atoms with E-state index in [4.69, 9.17) is 10.4 Å². The molecule has 0 fully saturated rings. The first-order valence-corrected chi connectivity index (χ1v) is 5.52. The molecule has 4 heteroatoms. The Morgan fingerprint density at radius 3 is 2.76 bits per heavy atom. The van der Waals surface area contributed by atoms with E-state index in [-0.39, 0.29) is 0 Å². The van der Waals surface area contributed by atoms with E-state index in [1.807, 2.05) is 24.1 Å². The first-order valence-electron chi connectivity index (χ1n) is 5.52. The van der Waals surface area contributed by atoms with Gasteiger partial charge in [-0.3, -0.25) is 0 Å². The van der Waals surface area contributed by atoms with Gasteiger partial charge in [-0.25, -0.2) is 4.79 Å². The van der Waals surface area contributed by atoms with Crippen LogP contribution in [0.25, 0.3) is 0 Å². The van der Waals surface area contributed by atoms with Gasteiger partial charge in [0.05, 0.1) is 11.6 Å². The van der Waals surface area contributed by atoms with Gasteiger partial charge in [0, 0.05) is 19.5 Å². The molecular formula is C13H16N2O2. The standard InChI is InChI=1S/C13H16N2O2/c1-15(9-4-8-14)10-7-11-5-2-3-6-12(11)13(16)17/h2-3,5-6H,4,7,9-10H2,1H3,(H,16,17). The molecule has 90 valence electrons. The minimum Gasteiger partial charge on any atom is -0.478 e. The van der Waals surface area contributed by atoms with E-state index in [1.54, 1.807) is 12.1 Å². The number of nitrogens with zero attached hydrogens (tertiary/aromatic N) is 2. The predicted molar refractivity (Wildman–Crippen MR) is 64.8 cm³/mol. The molecule has 0 aliphatic carbocycles. The van der Waals surface area contributed by atoms with Gasteiger partial charge in [-0.05, 0) is 25.1 Å². The summed E-state index contributed by atoms with van der Waals surface area (Å²) in [5.41, 5.74) is 1.20. The molecule has 1 aromatic carbocycles. The molecule has 0 saturated carbocycles. The van der Waals surface area contributed by atoms with Crippen molar-refractivity contribution < 1.29 is 9.90 Å². The molecule has 1 aromatic rings. The fourth-order valence-corrected chi connectivity index (χ4v) is 1.61. The maximum atomic E-state index is 11.0. The van der Waals surface area contributed by atoms with E-state index in [1.165, 1.54) is 0 Å². The van der Waals surface area contributed by atoms with Crippen molar-refractivity contribution in [2.45, 2.75) is 12.8 Å². The van der Waals surface area contributed by atoms with E-state index in [9.17, 15) is 4.79 Å². The third-order valence-corrected chi connectivity index (χ3v) is 2.62. The molecule has 0 radical (unpaired) electrons. The Bertz CT molecular complexity index is 424. The van der Waals surface area contributed by atoms with Gasteiger partial charge >= 0.3 is 5.97 Å². The first kappa shape index (κ1) is 13.2. The van der Waals surface area contributed by atoms with E-state index in [0.29, 0.717) is 24.9 Å². The minimum absolute atomic E-state index is 0.362. The molecule has 0 amide bonds. The summed E-state index contributed by atoms with van der Waals surface area (Å²) in [6.45, 7) is 1.47. The molecule has 17 heavy (non-hydrogen) atoms. The molecule has 0 saturated heterocycles. The summed E-state index contributed by atoms with van der Waals surface area (Å²) in [7, 11) is 1.93. The maximum Gasteiger partial charge on any atom is 0.335 e. The van der Waals surface area contributed by atoms with Crippen molar-refractivity contribution in [2.24, 2.45) is 0 Å². The van der Waals surface area contributed by atoms with Crippen LogP contribution in [-0.4, -0.2) is 36.1 Å². The van der Waals surface area contributed by atoms with Crippen molar-refractivity contribution in [3.63, 3.8) is 0 Å². The molecule has 0 atom stereocenters. The number of hydrogen-bond donors (Lipinski definition) is 1. The Morgan fingerprint density at radius 2 is 2.12 bits per heavy atom. The van der Waals surface area contributed by atoms with E-state index in [0.717, 1.165) is 12.1 Å². The second-order valence-electron chi connectivity index (χ2n) is 3.92. The summed E-state index contributed by atoms with van der Waals surface area (Å²) in [4.78, 5) is 13.0. The zero-order valence-corrected chi connectivity index (χ0v) is 9.89. The average Bonchev–Trinajstić information content (AvgIpc) is 2.34. The third-order valence-electron chi connectivity index (χ3n) is 2.62. The van der Waals surface area contributed by atoms with E-state index < -0.39 is 5.97 Å². The van der Waals surface area contributed by atoms with Crippen LogP contribution in [0, 0.1) is 11.3 Å². The Kier molecular flexibility index (Phi) is 5.18. The quantitative estimate of drug-likeness (QED) is 0.811. The highest BCUT2D eigenvalue weighted by atomic mass is 16.4. The minimum atomic E-state index is -0.889. The number of rotatable bonds is 6. The van der Waals surface area contributed by atoms with Crippen LogP contribution in [0.4, 0.5) is 0 Å². The van der Waals surface area contributed by atoms with E-state index in [2.05, 4.69) is 6.07 Å². The van der Waals surface area contributed by atoms with Gasteiger partial charge in [0.25, 0.3) is 0 Å². The number of nitriles is 1. The SMILES string of the molecule is CN(CCC#N)CCc1ccccc1C(=O)O. The zero-order valence-electron chi connectivity index (χ0n) is 9.89.